The lowest BCUT2D eigenvalue weighted by Gasteiger charge is -2.35. The van der Waals surface area contributed by atoms with Gasteiger partial charge in [-0.3, -0.25) is 4.79 Å². The van der Waals surface area contributed by atoms with Gasteiger partial charge in [-0.15, -0.1) is 0 Å². The van der Waals surface area contributed by atoms with E-state index in [-0.39, 0.29) is 17.8 Å². The van der Waals surface area contributed by atoms with Gasteiger partial charge in [0.05, 0.1) is 29.8 Å². The van der Waals surface area contributed by atoms with Gasteiger partial charge >= 0.3 is 0 Å². The molecule has 8 nitrogen and oxygen atoms in total. The van der Waals surface area contributed by atoms with Crippen molar-refractivity contribution in [1.82, 2.24) is 24.6 Å². The third kappa shape index (κ3) is 5.19. The van der Waals surface area contributed by atoms with E-state index in [2.05, 4.69) is 10.00 Å². The second-order valence-electron chi connectivity index (χ2n) is 9.87. The Labute approximate surface area is 224 Å². The van der Waals surface area contributed by atoms with Crippen LogP contribution in [0.2, 0.25) is 0 Å². The SMILES string of the molecule is CC(=O)N1CCc2nc(N3CCC(Oc4ccc(F)cc4F)CC3)c(-c3cnn(-c4ccccc4)c3)nc2C1. The van der Waals surface area contributed by atoms with Crippen LogP contribution in [0.1, 0.15) is 31.2 Å². The van der Waals surface area contributed by atoms with Crippen molar-refractivity contribution in [1.29, 1.82) is 0 Å². The molecule has 0 spiro atoms. The number of ether oxygens (including phenoxy) is 1. The van der Waals surface area contributed by atoms with Gasteiger partial charge in [-0.2, -0.15) is 5.10 Å². The van der Waals surface area contributed by atoms with Crippen molar-refractivity contribution in [2.45, 2.75) is 38.8 Å². The number of aromatic nitrogens is 4. The van der Waals surface area contributed by atoms with E-state index in [0.29, 0.717) is 51.1 Å². The minimum absolute atomic E-state index is 0.0182. The Balaban J connectivity index is 1.28. The maximum atomic E-state index is 14.1. The van der Waals surface area contributed by atoms with Gasteiger partial charge in [-0.1, -0.05) is 18.2 Å². The number of para-hydroxylation sites is 1. The molecule has 0 radical (unpaired) electrons. The molecule has 2 aliphatic rings. The molecule has 1 amide bonds. The summed E-state index contributed by atoms with van der Waals surface area (Å²) in [4.78, 5) is 26.1. The molecule has 1 fully saturated rings. The molecule has 2 aromatic carbocycles. The zero-order valence-electron chi connectivity index (χ0n) is 21.6. The van der Waals surface area contributed by atoms with E-state index in [0.717, 1.165) is 34.5 Å². The highest BCUT2D eigenvalue weighted by Gasteiger charge is 2.29. The predicted molar refractivity (Wildman–Crippen MR) is 142 cm³/mol. The zero-order chi connectivity index (χ0) is 26.9. The Morgan fingerprint density at radius 1 is 1.00 bits per heavy atom. The third-order valence-electron chi connectivity index (χ3n) is 7.24. The van der Waals surface area contributed by atoms with Gasteiger partial charge in [0, 0.05) is 63.6 Å². The van der Waals surface area contributed by atoms with Crippen molar-refractivity contribution >= 4 is 11.7 Å². The molecule has 200 valence electrons. The van der Waals surface area contributed by atoms with E-state index in [1.165, 1.54) is 12.1 Å². The number of fused-ring (bicyclic) bond motifs is 1. The van der Waals surface area contributed by atoms with E-state index in [1.807, 2.05) is 36.5 Å². The first-order chi connectivity index (χ1) is 18.9. The summed E-state index contributed by atoms with van der Waals surface area (Å²) in [6, 6.07) is 13.2. The van der Waals surface area contributed by atoms with E-state index >= 15 is 0 Å². The molecule has 0 aliphatic carbocycles. The normalized spacial score (nSPS) is 15.8. The molecule has 1 saturated heterocycles. The molecule has 39 heavy (non-hydrogen) atoms. The topological polar surface area (TPSA) is 76.4 Å². The molecular formula is C29H28F2N6O2. The number of piperidine rings is 1. The average Bonchev–Trinajstić information content (AvgIpc) is 3.45. The Morgan fingerprint density at radius 2 is 1.79 bits per heavy atom. The number of amides is 1. The van der Waals surface area contributed by atoms with Gasteiger partial charge in [0.2, 0.25) is 5.91 Å². The molecule has 6 rings (SSSR count). The molecule has 4 heterocycles. The lowest BCUT2D eigenvalue weighted by atomic mass is 10.1. The molecule has 2 aromatic heterocycles. The van der Waals surface area contributed by atoms with Gasteiger partial charge in [-0.25, -0.2) is 23.4 Å². The van der Waals surface area contributed by atoms with Gasteiger partial charge in [-0.05, 0) is 24.3 Å². The smallest absolute Gasteiger partial charge is 0.219 e. The van der Waals surface area contributed by atoms with Crippen LogP contribution in [0, 0.1) is 11.6 Å². The number of anilines is 1. The summed E-state index contributed by atoms with van der Waals surface area (Å²) in [6.45, 7) is 3.89. The molecule has 0 atom stereocenters. The highest BCUT2D eigenvalue weighted by Crippen LogP contribution is 2.33. The summed E-state index contributed by atoms with van der Waals surface area (Å²) < 4.78 is 35.1. The number of hydrogen-bond acceptors (Lipinski definition) is 6. The van der Waals surface area contributed by atoms with Gasteiger partial charge in [0.15, 0.2) is 17.4 Å². The lowest BCUT2D eigenvalue weighted by molar-refractivity contribution is -0.129. The van der Waals surface area contributed by atoms with Crippen LogP contribution in [-0.4, -0.2) is 56.3 Å². The van der Waals surface area contributed by atoms with Gasteiger partial charge in [0.1, 0.15) is 17.6 Å². The largest absolute Gasteiger partial charge is 0.487 e. The Morgan fingerprint density at radius 3 is 2.54 bits per heavy atom. The van der Waals surface area contributed by atoms with Crippen LogP contribution in [0.4, 0.5) is 14.6 Å². The molecule has 10 heteroatoms. The van der Waals surface area contributed by atoms with Gasteiger partial charge < -0.3 is 14.5 Å². The van der Waals surface area contributed by atoms with Crippen LogP contribution >= 0.6 is 0 Å². The van der Waals surface area contributed by atoms with Crippen LogP contribution in [0.5, 0.6) is 5.75 Å². The van der Waals surface area contributed by atoms with Crippen molar-refractivity contribution in [2.24, 2.45) is 0 Å². The molecule has 0 N–H and O–H groups in total. The van der Waals surface area contributed by atoms with E-state index in [4.69, 9.17) is 14.7 Å². The standard InChI is InChI=1S/C29H28F2N6O2/c1-19(38)36-14-11-25-26(18-36)33-28(20-16-32-37(17-20)22-5-3-2-4-6-22)29(34-25)35-12-9-23(10-13-35)39-27-8-7-21(30)15-24(27)31/h2-8,15-17,23H,9-14,18H2,1H3. The van der Waals surface area contributed by atoms with Crippen LogP contribution in [0.15, 0.2) is 60.9 Å². The Bertz CT molecular complexity index is 1500. The number of carbonyl (C=O) groups is 1. The number of hydrogen-bond donors (Lipinski definition) is 0. The first kappa shape index (κ1) is 25.0. The van der Waals surface area contributed by atoms with Crippen molar-refractivity contribution in [3.05, 3.63) is 83.9 Å². The molecule has 0 bridgehead atoms. The van der Waals surface area contributed by atoms with Crippen molar-refractivity contribution in [3.63, 3.8) is 0 Å². The van der Waals surface area contributed by atoms with Gasteiger partial charge in [0.25, 0.3) is 0 Å². The first-order valence-corrected chi connectivity index (χ1v) is 13.1. The number of halogens is 2. The van der Waals surface area contributed by atoms with Crippen LogP contribution in [-0.2, 0) is 17.8 Å². The van der Waals surface area contributed by atoms with Crippen LogP contribution in [0.3, 0.4) is 0 Å². The number of carbonyl (C=O) groups excluding carboxylic acids is 1. The molecular weight excluding hydrogens is 502 g/mol. The highest BCUT2D eigenvalue weighted by molar-refractivity contribution is 5.74. The number of rotatable bonds is 5. The van der Waals surface area contributed by atoms with Crippen molar-refractivity contribution < 1.29 is 18.3 Å². The van der Waals surface area contributed by atoms with Crippen LogP contribution in [0.25, 0.3) is 16.9 Å². The van der Waals surface area contributed by atoms with E-state index in [9.17, 15) is 13.6 Å². The average molecular weight is 531 g/mol. The summed E-state index contributed by atoms with van der Waals surface area (Å²) in [5.74, 6) is -0.480. The monoisotopic (exact) mass is 530 g/mol. The second kappa shape index (κ2) is 10.4. The number of nitrogens with zero attached hydrogens (tertiary/aromatic N) is 6. The second-order valence-corrected chi connectivity index (χ2v) is 9.87. The quantitative estimate of drug-likeness (QED) is 0.377. The maximum absolute atomic E-state index is 14.1. The third-order valence-corrected chi connectivity index (χ3v) is 7.24. The molecule has 0 saturated carbocycles. The van der Waals surface area contributed by atoms with E-state index < -0.39 is 11.6 Å². The summed E-state index contributed by atoms with van der Waals surface area (Å²) in [6.07, 6.45) is 5.47. The Kier molecular flexibility index (Phi) is 6.68. The molecule has 0 unspecified atom stereocenters. The molecule has 2 aliphatic heterocycles. The summed E-state index contributed by atoms with van der Waals surface area (Å²) in [7, 11) is 0. The predicted octanol–water partition coefficient (Wildman–Crippen LogP) is 4.56. The number of benzene rings is 2. The lowest BCUT2D eigenvalue weighted by Crippen LogP contribution is -2.40. The minimum atomic E-state index is -0.699. The fourth-order valence-electron chi connectivity index (χ4n) is 5.11. The van der Waals surface area contributed by atoms with Crippen molar-refractivity contribution in [3.8, 4) is 22.7 Å². The summed E-state index contributed by atoms with van der Waals surface area (Å²) >= 11 is 0. The van der Waals surface area contributed by atoms with E-state index in [1.54, 1.807) is 22.7 Å². The van der Waals surface area contributed by atoms with Crippen molar-refractivity contribution in [2.75, 3.05) is 24.5 Å². The first-order valence-electron chi connectivity index (χ1n) is 13.1. The highest BCUT2D eigenvalue weighted by atomic mass is 19.1. The maximum Gasteiger partial charge on any atom is 0.219 e. The fraction of sp³-hybridized carbons (Fsp3) is 0.310. The van der Waals surface area contributed by atoms with Crippen LogP contribution < -0.4 is 9.64 Å². The minimum Gasteiger partial charge on any atom is -0.487 e. The fourth-order valence-corrected chi connectivity index (χ4v) is 5.11. The summed E-state index contributed by atoms with van der Waals surface area (Å²) in [5, 5.41) is 4.56. The Hall–Kier alpha value is -4.34. The molecule has 4 aromatic rings. The zero-order valence-corrected chi connectivity index (χ0v) is 21.6. The summed E-state index contributed by atoms with van der Waals surface area (Å²) in [5.41, 5.74) is 4.17.